The second-order valence-electron chi connectivity index (χ2n) is 7.03. The number of halogens is 1. The van der Waals surface area contributed by atoms with Crippen LogP contribution >= 0.6 is 0 Å². The average Bonchev–Trinajstić information content (AvgIpc) is 2.52. The van der Waals surface area contributed by atoms with Crippen molar-refractivity contribution in [2.24, 2.45) is 5.41 Å². The molecule has 2 aliphatic heterocycles. The molecule has 5 heteroatoms. The van der Waals surface area contributed by atoms with Crippen LogP contribution in [0.25, 0.3) is 0 Å². The molecule has 0 aromatic heterocycles. The lowest BCUT2D eigenvalue weighted by Crippen LogP contribution is -2.51. The maximum absolute atomic E-state index is 14.0. The molecule has 0 saturated carbocycles. The molecule has 23 heavy (non-hydrogen) atoms. The number of nitrogens with zero attached hydrogens (tertiary/aromatic N) is 2. The molecule has 2 heterocycles. The van der Waals surface area contributed by atoms with Crippen LogP contribution in [0.2, 0.25) is 0 Å². The van der Waals surface area contributed by atoms with E-state index in [0.29, 0.717) is 19.5 Å². The first-order chi connectivity index (χ1) is 10.9. The van der Waals surface area contributed by atoms with Gasteiger partial charge in [0, 0.05) is 33.1 Å². The topological polar surface area (TPSA) is 40.6 Å². The van der Waals surface area contributed by atoms with Crippen LogP contribution in [0.1, 0.15) is 41.6 Å². The molecule has 124 valence electrons. The summed E-state index contributed by atoms with van der Waals surface area (Å²) >= 11 is 0. The number of carbonyl (C=O) groups excluding carboxylic acids is 2. The quantitative estimate of drug-likeness (QED) is 0.798. The van der Waals surface area contributed by atoms with Crippen molar-refractivity contribution in [3.05, 3.63) is 35.1 Å². The number of likely N-dealkylation sites (tertiary alicyclic amines) is 2. The van der Waals surface area contributed by atoms with Crippen LogP contribution in [-0.2, 0) is 4.79 Å². The Hall–Kier alpha value is -1.91. The zero-order valence-electron chi connectivity index (χ0n) is 13.8. The molecule has 3 rings (SSSR count). The summed E-state index contributed by atoms with van der Waals surface area (Å²) in [5.74, 6) is -0.466. The van der Waals surface area contributed by atoms with Crippen molar-refractivity contribution in [3.8, 4) is 0 Å². The fourth-order valence-corrected chi connectivity index (χ4v) is 3.79. The highest BCUT2D eigenvalue weighted by atomic mass is 19.1. The smallest absolute Gasteiger partial charge is 0.256 e. The lowest BCUT2D eigenvalue weighted by molar-refractivity contribution is -0.137. The zero-order valence-corrected chi connectivity index (χ0v) is 13.8. The van der Waals surface area contributed by atoms with Gasteiger partial charge in [0.05, 0.1) is 5.56 Å². The first kappa shape index (κ1) is 16.0. The van der Waals surface area contributed by atoms with Gasteiger partial charge < -0.3 is 9.80 Å². The van der Waals surface area contributed by atoms with E-state index in [9.17, 15) is 14.0 Å². The molecule has 2 aliphatic rings. The third kappa shape index (κ3) is 3.09. The lowest BCUT2D eigenvalue weighted by atomic mass is 9.72. The predicted octanol–water partition coefficient (Wildman–Crippen LogP) is 2.61. The monoisotopic (exact) mass is 318 g/mol. The molecule has 0 atom stereocenters. The standard InChI is InChI=1S/C18H23FN2O2/c1-13-3-4-14(15(19)11-13)17(23)21-9-7-18(8-10-21)6-5-16(22)20(2)12-18/h3-4,11H,5-10,12H2,1-2H3. The number of rotatable bonds is 1. The van der Waals surface area contributed by atoms with Gasteiger partial charge in [-0.1, -0.05) is 6.07 Å². The van der Waals surface area contributed by atoms with Crippen LogP contribution in [0.4, 0.5) is 4.39 Å². The molecule has 2 fully saturated rings. The molecule has 0 bridgehead atoms. The van der Waals surface area contributed by atoms with E-state index in [1.165, 1.54) is 6.07 Å². The molecule has 2 amide bonds. The number of amides is 2. The van der Waals surface area contributed by atoms with Crippen LogP contribution < -0.4 is 0 Å². The number of benzene rings is 1. The van der Waals surface area contributed by atoms with Crippen molar-refractivity contribution in [3.63, 3.8) is 0 Å². The minimum Gasteiger partial charge on any atom is -0.345 e. The summed E-state index contributed by atoms with van der Waals surface area (Å²) in [5.41, 5.74) is 1.10. The van der Waals surface area contributed by atoms with Crippen molar-refractivity contribution < 1.29 is 14.0 Å². The zero-order chi connectivity index (χ0) is 16.6. The molecule has 1 aromatic rings. The van der Waals surface area contributed by atoms with Crippen molar-refractivity contribution in [1.82, 2.24) is 9.80 Å². The highest BCUT2D eigenvalue weighted by molar-refractivity contribution is 5.94. The summed E-state index contributed by atoms with van der Waals surface area (Å²) in [6.07, 6.45) is 3.25. The first-order valence-corrected chi connectivity index (χ1v) is 8.20. The van der Waals surface area contributed by atoms with Gasteiger partial charge in [-0.15, -0.1) is 0 Å². The van der Waals surface area contributed by atoms with Gasteiger partial charge in [0.25, 0.3) is 5.91 Å². The van der Waals surface area contributed by atoms with Gasteiger partial charge in [-0.3, -0.25) is 9.59 Å². The Bertz CT molecular complexity index is 636. The Balaban J connectivity index is 1.67. The van der Waals surface area contributed by atoms with Crippen molar-refractivity contribution in [2.75, 3.05) is 26.7 Å². The van der Waals surface area contributed by atoms with Gasteiger partial charge in [-0.05, 0) is 49.3 Å². The largest absolute Gasteiger partial charge is 0.345 e. The van der Waals surface area contributed by atoms with Gasteiger partial charge in [0.2, 0.25) is 5.91 Å². The maximum Gasteiger partial charge on any atom is 0.256 e. The molecule has 0 unspecified atom stereocenters. The summed E-state index contributed by atoms with van der Waals surface area (Å²) < 4.78 is 14.0. The highest BCUT2D eigenvalue weighted by Gasteiger charge is 2.40. The van der Waals surface area contributed by atoms with E-state index in [2.05, 4.69) is 0 Å². The molecule has 1 spiro atoms. The molecule has 2 saturated heterocycles. The van der Waals surface area contributed by atoms with Gasteiger partial charge in [0.1, 0.15) is 5.82 Å². The number of hydrogen-bond donors (Lipinski definition) is 0. The van der Waals surface area contributed by atoms with Crippen LogP contribution in [0.15, 0.2) is 18.2 Å². The van der Waals surface area contributed by atoms with Gasteiger partial charge in [-0.2, -0.15) is 0 Å². The number of piperidine rings is 2. The van der Waals surface area contributed by atoms with Gasteiger partial charge in [0.15, 0.2) is 0 Å². The molecule has 0 N–H and O–H groups in total. The number of aryl methyl sites for hydroxylation is 1. The fraction of sp³-hybridized carbons (Fsp3) is 0.556. The van der Waals surface area contributed by atoms with E-state index in [1.54, 1.807) is 21.9 Å². The Morgan fingerprint density at radius 3 is 2.52 bits per heavy atom. The van der Waals surface area contributed by atoms with E-state index in [4.69, 9.17) is 0 Å². The van der Waals surface area contributed by atoms with Crippen molar-refractivity contribution in [1.29, 1.82) is 0 Å². The van der Waals surface area contributed by atoms with E-state index in [0.717, 1.165) is 31.4 Å². The third-order valence-corrected chi connectivity index (χ3v) is 5.33. The molecule has 4 nitrogen and oxygen atoms in total. The summed E-state index contributed by atoms with van der Waals surface area (Å²) in [4.78, 5) is 27.8. The second kappa shape index (κ2) is 5.95. The minimum absolute atomic E-state index is 0.130. The summed E-state index contributed by atoms with van der Waals surface area (Å²) in [6.45, 7) is 3.85. The van der Waals surface area contributed by atoms with Crippen LogP contribution in [0, 0.1) is 18.2 Å². The van der Waals surface area contributed by atoms with E-state index < -0.39 is 5.82 Å². The van der Waals surface area contributed by atoms with E-state index in [-0.39, 0.29) is 22.8 Å². The summed E-state index contributed by atoms with van der Waals surface area (Å²) in [6, 6.07) is 4.74. The Morgan fingerprint density at radius 2 is 1.91 bits per heavy atom. The van der Waals surface area contributed by atoms with Crippen LogP contribution in [0.3, 0.4) is 0 Å². The molecule has 0 aliphatic carbocycles. The molecule has 1 aromatic carbocycles. The Morgan fingerprint density at radius 1 is 1.22 bits per heavy atom. The third-order valence-electron chi connectivity index (χ3n) is 5.33. The van der Waals surface area contributed by atoms with E-state index >= 15 is 0 Å². The summed E-state index contributed by atoms with van der Waals surface area (Å²) in [5, 5.41) is 0. The molecule has 0 radical (unpaired) electrons. The van der Waals surface area contributed by atoms with Crippen molar-refractivity contribution >= 4 is 11.8 Å². The lowest BCUT2D eigenvalue weighted by Gasteiger charge is -2.46. The van der Waals surface area contributed by atoms with Crippen molar-refractivity contribution in [2.45, 2.75) is 32.6 Å². The number of carbonyl (C=O) groups is 2. The Kier molecular flexibility index (Phi) is 4.13. The highest BCUT2D eigenvalue weighted by Crippen LogP contribution is 2.40. The normalized spacial score (nSPS) is 20.9. The Labute approximate surface area is 136 Å². The second-order valence-corrected chi connectivity index (χ2v) is 7.03. The molecular formula is C18H23FN2O2. The predicted molar refractivity (Wildman–Crippen MR) is 85.6 cm³/mol. The minimum atomic E-state index is -0.446. The van der Waals surface area contributed by atoms with Crippen LogP contribution in [0.5, 0.6) is 0 Å². The van der Waals surface area contributed by atoms with Crippen LogP contribution in [-0.4, -0.2) is 48.3 Å². The molecular weight excluding hydrogens is 295 g/mol. The van der Waals surface area contributed by atoms with Gasteiger partial charge >= 0.3 is 0 Å². The first-order valence-electron chi connectivity index (χ1n) is 8.20. The fourth-order valence-electron chi connectivity index (χ4n) is 3.79. The average molecular weight is 318 g/mol. The van der Waals surface area contributed by atoms with E-state index in [1.807, 2.05) is 14.0 Å². The number of hydrogen-bond acceptors (Lipinski definition) is 2. The maximum atomic E-state index is 14.0. The SMILES string of the molecule is Cc1ccc(C(=O)N2CCC3(CCC(=O)N(C)C3)CC2)c(F)c1. The summed E-state index contributed by atoms with van der Waals surface area (Å²) in [7, 11) is 1.85. The van der Waals surface area contributed by atoms with Gasteiger partial charge in [-0.25, -0.2) is 4.39 Å².